The summed E-state index contributed by atoms with van der Waals surface area (Å²) in [6.45, 7) is -0.533. The van der Waals surface area contributed by atoms with Gasteiger partial charge in [0.1, 0.15) is 0 Å². The number of nitrogens with one attached hydrogen (secondary N) is 1. The number of aliphatic hydroxyl groups excluding tert-OH is 1. The maximum atomic E-state index is 12.2. The molecule has 13 heavy (non-hydrogen) atoms. The lowest BCUT2D eigenvalue weighted by molar-refractivity contribution is 0.141. The molecule has 0 saturated heterocycles. The monoisotopic (exact) mass is 253 g/mol. The van der Waals surface area contributed by atoms with Crippen molar-refractivity contribution in [1.29, 1.82) is 0 Å². The van der Waals surface area contributed by atoms with Crippen molar-refractivity contribution < 1.29 is 13.9 Å². The molecule has 0 radical (unpaired) electrons. The maximum Gasteiger partial charge on any atom is 0.278 e. The van der Waals surface area contributed by atoms with E-state index in [0.29, 0.717) is 0 Å². The summed E-state index contributed by atoms with van der Waals surface area (Å²) in [5.74, 6) is 0. The van der Waals surface area contributed by atoms with E-state index in [9.17, 15) is 13.6 Å². The van der Waals surface area contributed by atoms with Gasteiger partial charge in [-0.05, 0) is 22.0 Å². The number of H-pyrrole nitrogens is 1. The summed E-state index contributed by atoms with van der Waals surface area (Å²) < 4.78 is 24.6. The van der Waals surface area contributed by atoms with Crippen LogP contribution in [0.25, 0.3) is 0 Å². The molecular formula is C7H6BrF2NO2. The van der Waals surface area contributed by atoms with E-state index in [-0.39, 0.29) is 10.0 Å². The van der Waals surface area contributed by atoms with Crippen LogP contribution in [0.3, 0.4) is 0 Å². The Hall–Kier alpha value is -0.750. The molecule has 0 aliphatic rings. The molecule has 1 aromatic heterocycles. The smallest absolute Gasteiger partial charge is 0.278 e. The van der Waals surface area contributed by atoms with Crippen molar-refractivity contribution in [3.63, 3.8) is 0 Å². The standard InChI is InChI=1S/C7H6BrF2NO2/c8-4-1-3(2-12)5(6(9)10)11-7(4)13/h1,6,12H,2H2,(H,11,13). The van der Waals surface area contributed by atoms with Gasteiger partial charge in [-0.1, -0.05) is 0 Å². The first kappa shape index (κ1) is 10.3. The summed E-state index contributed by atoms with van der Waals surface area (Å²) in [5.41, 5.74) is -1.15. The highest BCUT2D eigenvalue weighted by Gasteiger charge is 2.14. The van der Waals surface area contributed by atoms with Crippen LogP contribution in [0.1, 0.15) is 17.7 Å². The zero-order chi connectivity index (χ0) is 10.0. The van der Waals surface area contributed by atoms with Crippen LogP contribution in [-0.2, 0) is 6.61 Å². The molecule has 1 aromatic rings. The second-order valence-electron chi connectivity index (χ2n) is 2.34. The topological polar surface area (TPSA) is 53.1 Å². The van der Waals surface area contributed by atoms with Gasteiger partial charge in [0, 0.05) is 5.56 Å². The molecule has 1 heterocycles. The molecule has 0 atom stereocenters. The Morgan fingerprint density at radius 3 is 2.69 bits per heavy atom. The third-order valence-electron chi connectivity index (χ3n) is 1.50. The summed E-state index contributed by atoms with van der Waals surface area (Å²) in [6, 6.07) is 1.18. The highest BCUT2D eigenvalue weighted by molar-refractivity contribution is 9.10. The van der Waals surface area contributed by atoms with E-state index < -0.39 is 24.3 Å². The van der Waals surface area contributed by atoms with Gasteiger partial charge in [0.15, 0.2) is 0 Å². The summed E-state index contributed by atoms with van der Waals surface area (Å²) in [6.07, 6.45) is -2.79. The van der Waals surface area contributed by atoms with Gasteiger partial charge < -0.3 is 10.1 Å². The van der Waals surface area contributed by atoms with Crippen LogP contribution < -0.4 is 5.56 Å². The zero-order valence-electron chi connectivity index (χ0n) is 6.35. The van der Waals surface area contributed by atoms with Crippen LogP contribution in [0, 0.1) is 0 Å². The molecule has 0 aliphatic carbocycles. The van der Waals surface area contributed by atoms with Crippen LogP contribution in [-0.4, -0.2) is 10.1 Å². The van der Waals surface area contributed by atoms with Gasteiger partial charge in [0.2, 0.25) is 0 Å². The number of rotatable bonds is 2. The Morgan fingerprint density at radius 2 is 2.23 bits per heavy atom. The molecular weight excluding hydrogens is 248 g/mol. The Labute approximate surface area is 80.5 Å². The lowest BCUT2D eigenvalue weighted by atomic mass is 10.2. The highest BCUT2D eigenvalue weighted by Crippen LogP contribution is 2.21. The molecule has 72 valence electrons. The molecule has 2 N–H and O–H groups in total. The second-order valence-corrected chi connectivity index (χ2v) is 3.20. The van der Waals surface area contributed by atoms with E-state index in [1.54, 1.807) is 0 Å². The number of hydrogen-bond donors (Lipinski definition) is 2. The fourth-order valence-corrected chi connectivity index (χ4v) is 1.26. The molecule has 0 aliphatic heterocycles. The molecule has 0 saturated carbocycles. The Kier molecular flexibility index (Phi) is 3.16. The molecule has 0 unspecified atom stereocenters. The summed E-state index contributed by atoms with van der Waals surface area (Å²) >= 11 is 2.87. The van der Waals surface area contributed by atoms with E-state index >= 15 is 0 Å². The van der Waals surface area contributed by atoms with Gasteiger partial charge >= 0.3 is 0 Å². The summed E-state index contributed by atoms with van der Waals surface area (Å²) in [5, 5.41) is 8.71. The van der Waals surface area contributed by atoms with Crippen LogP contribution in [0.4, 0.5) is 8.78 Å². The molecule has 1 rings (SSSR count). The lowest BCUT2D eigenvalue weighted by Crippen LogP contribution is -2.12. The van der Waals surface area contributed by atoms with Gasteiger partial charge in [-0.15, -0.1) is 0 Å². The SMILES string of the molecule is O=c1[nH]c(C(F)F)c(CO)cc1Br. The van der Waals surface area contributed by atoms with E-state index in [2.05, 4.69) is 15.9 Å². The van der Waals surface area contributed by atoms with Crippen molar-refractivity contribution in [2.45, 2.75) is 13.0 Å². The van der Waals surface area contributed by atoms with Gasteiger partial charge in [-0.25, -0.2) is 8.78 Å². The highest BCUT2D eigenvalue weighted by atomic mass is 79.9. The van der Waals surface area contributed by atoms with Crippen molar-refractivity contribution in [2.24, 2.45) is 0 Å². The van der Waals surface area contributed by atoms with Gasteiger partial charge in [-0.3, -0.25) is 4.79 Å². The van der Waals surface area contributed by atoms with Crippen molar-refractivity contribution in [3.05, 3.63) is 32.2 Å². The Morgan fingerprint density at radius 1 is 1.62 bits per heavy atom. The number of halogens is 3. The van der Waals surface area contributed by atoms with E-state index in [0.717, 1.165) is 0 Å². The first-order valence-corrected chi connectivity index (χ1v) is 4.16. The van der Waals surface area contributed by atoms with E-state index in [4.69, 9.17) is 5.11 Å². The third-order valence-corrected chi connectivity index (χ3v) is 2.09. The summed E-state index contributed by atoms with van der Waals surface area (Å²) in [7, 11) is 0. The first-order chi connectivity index (χ1) is 6.06. The minimum atomic E-state index is -2.79. The van der Waals surface area contributed by atoms with Crippen LogP contribution in [0.15, 0.2) is 15.3 Å². The van der Waals surface area contributed by atoms with Gasteiger partial charge in [-0.2, -0.15) is 0 Å². The molecule has 0 bridgehead atoms. The lowest BCUT2D eigenvalue weighted by Gasteiger charge is -2.05. The molecule has 0 amide bonds. The number of alkyl halides is 2. The summed E-state index contributed by atoms with van der Waals surface area (Å²) in [4.78, 5) is 12.9. The maximum absolute atomic E-state index is 12.2. The molecule has 6 heteroatoms. The fourth-order valence-electron chi connectivity index (χ4n) is 0.884. The molecule has 3 nitrogen and oxygen atoms in total. The van der Waals surface area contributed by atoms with E-state index in [1.807, 2.05) is 4.98 Å². The number of pyridine rings is 1. The zero-order valence-corrected chi connectivity index (χ0v) is 7.94. The number of aromatic nitrogens is 1. The van der Waals surface area contributed by atoms with Crippen LogP contribution >= 0.6 is 15.9 Å². The van der Waals surface area contributed by atoms with Crippen molar-refractivity contribution >= 4 is 15.9 Å². The predicted octanol–water partition coefficient (Wildman–Crippen LogP) is 1.57. The largest absolute Gasteiger partial charge is 0.392 e. The second kappa shape index (κ2) is 3.97. The van der Waals surface area contributed by atoms with Crippen molar-refractivity contribution in [1.82, 2.24) is 4.98 Å². The normalized spacial score (nSPS) is 10.8. The molecule has 0 spiro atoms. The van der Waals surface area contributed by atoms with Crippen LogP contribution in [0.5, 0.6) is 0 Å². The average molecular weight is 254 g/mol. The van der Waals surface area contributed by atoms with Gasteiger partial charge in [0.05, 0.1) is 16.8 Å². The first-order valence-electron chi connectivity index (χ1n) is 3.37. The third kappa shape index (κ3) is 2.13. The quantitative estimate of drug-likeness (QED) is 0.841. The average Bonchev–Trinajstić information content (AvgIpc) is 2.08. The fraction of sp³-hybridized carbons (Fsp3) is 0.286. The Bertz CT molecular complexity index is 364. The minimum Gasteiger partial charge on any atom is -0.392 e. The Balaban J connectivity index is 3.33. The molecule has 0 aromatic carbocycles. The predicted molar refractivity (Wildman–Crippen MR) is 45.6 cm³/mol. The van der Waals surface area contributed by atoms with Crippen molar-refractivity contribution in [2.75, 3.05) is 0 Å². The van der Waals surface area contributed by atoms with Gasteiger partial charge in [0.25, 0.3) is 12.0 Å². The number of aromatic amines is 1. The number of hydrogen-bond acceptors (Lipinski definition) is 2. The molecule has 0 fully saturated rings. The minimum absolute atomic E-state index is 0.0153. The number of aliphatic hydroxyl groups is 1. The van der Waals surface area contributed by atoms with Crippen molar-refractivity contribution in [3.8, 4) is 0 Å². The van der Waals surface area contributed by atoms with E-state index in [1.165, 1.54) is 6.07 Å². The van der Waals surface area contributed by atoms with Crippen LogP contribution in [0.2, 0.25) is 0 Å².